The van der Waals surface area contributed by atoms with Gasteiger partial charge in [0.1, 0.15) is 5.82 Å². The van der Waals surface area contributed by atoms with Crippen LogP contribution in [0.3, 0.4) is 0 Å². The van der Waals surface area contributed by atoms with E-state index < -0.39 is 11.7 Å². The second-order valence-electron chi connectivity index (χ2n) is 6.18. The first-order valence-electron chi connectivity index (χ1n) is 8.54. The van der Waals surface area contributed by atoms with E-state index in [2.05, 4.69) is 15.3 Å². The first-order valence-corrected chi connectivity index (χ1v) is 8.54. The molecule has 0 atom stereocenters. The van der Waals surface area contributed by atoms with Crippen molar-refractivity contribution < 1.29 is 13.2 Å². The zero-order valence-electron chi connectivity index (χ0n) is 14.4. The molecule has 3 aromatic rings. The number of alkyl halides is 3. The van der Waals surface area contributed by atoms with E-state index in [0.717, 1.165) is 30.7 Å². The number of halogens is 3. The van der Waals surface area contributed by atoms with E-state index in [-0.39, 0.29) is 17.1 Å². The van der Waals surface area contributed by atoms with Crippen molar-refractivity contribution in [2.24, 2.45) is 5.73 Å². The van der Waals surface area contributed by atoms with Crippen LogP contribution in [-0.4, -0.2) is 16.5 Å². The summed E-state index contributed by atoms with van der Waals surface area (Å²) in [6, 6.07) is 8.35. The molecule has 0 saturated heterocycles. The third kappa shape index (κ3) is 4.46. The maximum atomic E-state index is 13.0. The number of hydrogen-bond donors (Lipinski definition) is 3. The maximum Gasteiger partial charge on any atom is 0.416 e. The summed E-state index contributed by atoms with van der Waals surface area (Å²) in [5, 5.41) is 3.85. The highest BCUT2D eigenvalue weighted by Crippen LogP contribution is 2.32. The Bertz CT molecular complexity index is 998. The van der Waals surface area contributed by atoms with Crippen molar-refractivity contribution in [2.75, 3.05) is 11.9 Å². The molecular weight excluding hydrogens is 357 g/mol. The fourth-order valence-corrected chi connectivity index (χ4v) is 2.85. The van der Waals surface area contributed by atoms with Gasteiger partial charge in [0.25, 0.3) is 5.56 Å². The fraction of sp³-hybridized carbons (Fsp3) is 0.263. The number of fused-ring (bicyclic) bond motifs is 1. The number of aryl methyl sites for hydroxylation is 1. The molecule has 0 spiro atoms. The number of anilines is 2. The van der Waals surface area contributed by atoms with Crippen LogP contribution in [0.25, 0.3) is 10.8 Å². The number of pyridine rings is 2. The molecule has 27 heavy (non-hydrogen) atoms. The van der Waals surface area contributed by atoms with Crippen molar-refractivity contribution in [2.45, 2.75) is 25.4 Å². The van der Waals surface area contributed by atoms with E-state index in [1.54, 1.807) is 6.07 Å². The number of benzene rings is 1. The number of unbranched alkanes of at least 4 members (excludes halogenated alkanes) is 1. The van der Waals surface area contributed by atoms with E-state index in [0.29, 0.717) is 23.7 Å². The Labute approximate surface area is 153 Å². The van der Waals surface area contributed by atoms with Gasteiger partial charge in [0.05, 0.1) is 10.9 Å². The largest absolute Gasteiger partial charge is 0.416 e. The van der Waals surface area contributed by atoms with Crippen LogP contribution < -0.4 is 16.6 Å². The topological polar surface area (TPSA) is 83.8 Å². The summed E-state index contributed by atoms with van der Waals surface area (Å²) in [6.07, 6.45) is -0.582. The molecule has 1 aromatic carbocycles. The predicted octanol–water partition coefficient (Wildman–Crippen LogP) is 3.97. The zero-order chi connectivity index (χ0) is 19.4. The van der Waals surface area contributed by atoms with Gasteiger partial charge < -0.3 is 16.0 Å². The van der Waals surface area contributed by atoms with Gasteiger partial charge in [-0.2, -0.15) is 13.2 Å². The van der Waals surface area contributed by atoms with Gasteiger partial charge in [-0.15, -0.1) is 0 Å². The molecule has 0 aliphatic heterocycles. The second-order valence-corrected chi connectivity index (χ2v) is 6.18. The summed E-state index contributed by atoms with van der Waals surface area (Å²) >= 11 is 0. The van der Waals surface area contributed by atoms with Crippen molar-refractivity contribution in [3.8, 4) is 0 Å². The molecule has 4 N–H and O–H groups in total. The van der Waals surface area contributed by atoms with Crippen molar-refractivity contribution in [1.82, 2.24) is 9.97 Å². The molecule has 2 aromatic heterocycles. The lowest BCUT2D eigenvalue weighted by Crippen LogP contribution is -2.11. The number of nitrogens with zero attached hydrogens (tertiary/aromatic N) is 1. The predicted molar refractivity (Wildman–Crippen MR) is 99.1 cm³/mol. The number of hydrogen-bond acceptors (Lipinski definition) is 4. The molecule has 5 nitrogen and oxygen atoms in total. The average molecular weight is 376 g/mol. The Hall–Kier alpha value is -2.87. The van der Waals surface area contributed by atoms with Crippen molar-refractivity contribution in [3.63, 3.8) is 0 Å². The van der Waals surface area contributed by atoms with Crippen LogP contribution in [0.5, 0.6) is 0 Å². The second kappa shape index (κ2) is 7.79. The lowest BCUT2D eigenvalue weighted by molar-refractivity contribution is -0.137. The normalized spacial score (nSPS) is 11.7. The molecular formula is C19H19F3N4O. The number of nitrogens with two attached hydrogens (primary N) is 1. The van der Waals surface area contributed by atoms with E-state index in [9.17, 15) is 18.0 Å². The summed E-state index contributed by atoms with van der Waals surface area (Å²) in [5.41, 5.74) is 5.34. The van der Waals surface area contributed by atoms with Gasteiger partial charge in [-0.25, -0.2) is 4.98 Å². The van der Waals surface area contributed by atoms with E-state index in [1.165, 1.54) is 18.3 Å². The van der Waals surface area contributed by atoms with E-state index in [1.807, 2.05) is 6.07 Å². The minimum atomic E-state index is -4.45. The first-order chi connectivity index (χ1) is 12.9. The summed E-state index contributed by atoms with van der Waals surface area (Å²) in [7, 11) is 0. The summed E-state index contributed by atoms with van der Waals surface area (Å²) < 4.78 is 38.9. The standard InChI is InChI=1S/C19H19F3N4O/c20-19(21,22)13-4-3-6-15(11-13)26-17-16-12(7-9-24-18(16)27)10-14(25-17)5-1-2-8-23/h3-4,6-7,9-11H,1-2,5,8,23H2,(H,24,27)(H,25,26). The fourth-order valence-electron chi connectivity index (χ4n) is 2.85. The lowest BCUT2D eigenvalue weighted by Gasteiger charge is -2.13. The van der Waals surface area contributed by atoms with Gasteiger partial charge in [-0.1, -0.05) is 6.07 Å². The molecule has 0 aliphatic carbocycles. The Kier molecular flexibility index (Phi) is 5.46. The van der Waals surface area contributed by atoms with Crippen molar-refractivity contribution >= 4 is 22.3 Å². The molecule has 0 radical (unpaired) electrons. The molecule has 8 heteroatoms. The minimum absolute atomic E-state index is 0.209. The highest BCUT2D eigenvalue weighted by Gasteiger charge is 2.30. The molecule has 0 saturated carbocycles. The van der Waals surface area contributed by atoms with Crippen LogP contribution in [0.15, 0.2) is 47.4 Å². The van der Waals surface area contributed by atoms with Crippen LogP contribution in [0.4, 0.5) is 24.7 Å². The molecule has 0 fully saturated rings. The van der Waals surface area contributed by atoms with Gasteiger partial charge in [0, 0.05) is 17.6 Å². The highest BCUT2D eigenvalue weighted by atomic mass is 19.4. The summed E-state index contributed by atoms with van der Waals surface area (Å²) in [6.45, 7) is 0.572. The van der Waals surface area contributed by atoms with Crippen LogP contribution in [0.1, 0.15) is 24.1 Å². The van der Waals surface area contributed by atoms with Crippen LogP contribution in [0, 0.1) is 0 Å². The lowest BCUT2D eigenvalue weighted by atomic mass is 10.1. The van der Waals surface area contributed by atoms with Gasteiger partial charge in [0.2, 0.25) is 0 Å². The first kappa shape index (κ1) is 18.9. The van der Waals surface area contributed by atoms with Crippen LogP contribution in [0.2, 0.25) is 0 Å². The number of H-pyrrole nitrogens is 1. The Morgan fingerprint density at radius 2 is 1.96 bits per heavy atom. The third-order valence-electron chi connectivity index (χ3n) is 4.15. The molecule has 3 rings (SSSR count). The molecule has 0 aliphatic rings. The molecule has 0 amide bonds. The zero-order valence-corrected chi connectivity index (χ0v) is 14.4. The highest BCUT2D eigenvalue weighted by molar-refractivity contribution is 5.92. The molecule has 0 unspecified atom stereocenters. The maximum absolute atomic E-state index is 13.0. The van der Waals surface area contributed by atoms with Crippen LogP contribution in [-0.2, 0) is 12.6 Å². The molecule has 0 bridgehead atoms. The number of rotatable bonds is 6. The number of nitrogens with one attached hydrogen (secondary N) is 2. The minimum Gasteiger partial charge on any atom is -0.340 e. The number of aromatic amines is 1. The monoisotopic (exact) mass is 376 g/mol. The van der Waals surface area contributed by atoms with Crippen molar-refractivity contribution in [1.29, 1.82) is 0 Å². The quantitative estimate of drug-likeness (QED) is 0.569. The van der Waals surface area contributed by atoms with E-state index in [4.69, 9.17) is 5.73 Å². The average Bonchev–Trinajstić information content (AvgIpc) is 2.61. The molecule has 142 valence electrons. The Morgan fingerprint density at radius 1 is 1.15 bits per heavy atom. The van der Waals surface area contributed by atoms with Crippen LogP contribution >= 0.6 is 0 Å². The third-order valence-corrected chi connectivity index (χ3v) is 4.15. The van der Waals surface area contributed by atoms with E-state index >= 15 is 0 Å². The smallest absolute Gasteiger partial charge is 0.340 e. The SMILES string of the molecule is NCCCCc1cc2cc[nH]c(=O)c2c(Nc2cccc(C(F)(F)F)c2)n1. The van der Waals surface area contributed by atoms with Crippen molar-refractivity contribution in [3.05, 3.63) is 64.2 Å². The number of aromatic nitrogens is 2. The van der Waals surface area contributed by atoms with Gasteiger partial charge in [-0.05, 0) is 61.5 Å². The van der Waals surface area contributed by atoms with Gasteiger partial charge in [-0.3, -0.25) is 4.79 Å². The Balaban J connectivity index is 2.03. The summed E-state index contributed by atoms with van der Waals surface area (Å²) in [4.78, 5) is 19.3. The molecule has 2 heterocycles. The summed E-state index contributed by atoms with van der Waals surface area (Å²) in [5.74, 6) is 0.233. The van der Waals surface area contributed by atoms with Gasteiger partial charge >= 0.3 is 6.18 Å². The Morgan fingerprint density at radius 3 is 2.70 bits per heavy atom. The van der Waals surface area contributed by atoms with Gasteiger partial charge in [0.15, 0.2) is 0 Å².